The van der Waals surface area contributed by atoms with E-state index in [1.165, 1.54) is 6.26 Å². The van der Waals surface area contributed by atoms with Gasteiger partial charge in [0.25, 0.3) is 0 Å². The van der Waals surface area contributed by atoms with Crippen LogP contribution < -0.4 is 4.74 Å². The van der Waals surface area contributed by atoms with Gasteiger partial charge in [0.1, 0.15) is 5.75 Å². The number of carbonyl (C=O) groups is 1. The molecule has 6 heteroatoms. The largest absolute Gasteiger partial charge is 0.423 e. The molecule has 144 valence electrons. The molecule has 0 amide bonds. The Balaban J connectivity index is 1.78. The van der Waals surface area contributed by atoms with Crippen LogP contribution in [-0.4, -0.2) is 20.6 Å². The van der Waals surface area contributed by atoms with E-state index in [9.17, 15) is 13.2 Å². The van der Waals surface area contributed by atoms with Gasteiger partial charge in [-0.15, -0.1) is 0 Å². The molecule has 0 spiro atoms. The number of rotatable bonds is 6. The maximum absolute atomic E-state index is 12.5. The predicted octanol–water partition coefficient (Wildman–Crippen LogP) is 4.69. The maximum atomic E-state index is 12.5. The van der Waals surface area contributed by atoms with Crippen molar-refractivity contribution < 1.29 is 17.9 Å². The zero-order chi connectivity index (χ0) is 20.1. The number of ether oxygens (including phenoxy) is 1. The first kappa shape index (κ1) is 20.1. The fourth-order valence-electron chi connectivity index (χ4n) is 2.80. The van der Waals surface area contributed by atoms with Crippen molar-refractivity contribution >= 4 is 27.4 Å². The lowest BCUT2D eigenvalue weighted by molar-refractivity contribution is 0.0733. The fourth-order valence-corrected chi connectivity index (χ4v) is 3.79. The lowest BCUT2D eigenvalue weighted by Crippen LogP contribution is -2.10. The van der Waals surface area contributed by atoms with Crippen molar-refractivity contribution in [1.82, 2.24) is 0 Å². The molecule has 0 aliphatic heterocycles. The minimum absolute atomic E-state index is 0.0687. The number of esters is 1. The molecule has 0 aliphatic rings. The number of sulfone groups is 1. The smallest absolute Gasteiger partial charge is 0.343 e. The van der Waals surface area contributed by atoms with Gasteiger partial charge >= 0.3 is 5.97 Å². The highest BCUT2D eigenvalue weighted by Crippen LogP contribution is 2.26. The Labute approximate surface area is 169 Å². The first-order valence-electron chi connectivity index (χ1n) is 8.61. The lowest BCUT2D eigenvalue weighted by Gasteiger charge is -2.11. The Kier molecular flexibility index (Phi) is 6.17. The molecule has 3 rings (SSSR count). The zero-order valence-electron chi connectivity index (χ0n) is 15.3. The van der Waals surface area contributed by atoms with Gasteiger partial charge < -0.3 is 4.74 Å². The molecular formula is C22H19ClO4S. The first-order chi connectivity index (χ1) is 13.3. The van der Waals surface area contributed by atoms with Crippen molar-refractivity contribution in [2.75, 3.05) is 6.26 Å². The standard InChI is InChI=1S/C22H19ClO4S/c1-28(25,26)15-17-7-9-18(10-8-17)22(24)27-21-12-11-20(23)14-19(21)13-16-5-3-2-4-6-16/h2-12,14H,13,15H2,1H3. The molecule has 0 saturated heterocycles. The molecule has 0 unspecified atom stereocenters. The van der Waals surface area contributed by atoms with E-state index in [-0.39, 0.29) is 5.75 Å². The van der Waals surface area contributed by atoms with Gasteiger partial charge in [-0.3, -0.25) is 0 Å². The monoisotopic (exact) mass is 414 g/mol. The first-order valence-corrected chi connectivity index (χ1v) is 11.1. The minimum Gasteiger partial charge on any atom is -0.423 e. The van der Waals surface area contributed by atoms with E-state index >= 15 is 0 Å². The molecule has 0 atom stereocenters. The van der Waals surface area contributed by atoms with Gasteiger partial charge in [0, 0.05) is 23.3 Å². The van der Waals surface area contributed by atoms with Crippen LogP contribution >= 0.6 is 11.6 Å². The van der Waals surface area contributed by atoms with Gasteiger partial charge in [-0.05, 0) is 41.5 Å². The number of hydrogen-bond donors (Lipinski definition) is 0. The Morgan fingerprint density at radius 3 is 2.25 bits per heavy atom. The maximum Gasteiger partial charge on any atom is 0.343 e. The van der Waals surface area contributed by atoms with Gasteiger partial charge in [-0.25, -0.2) is 13.2 Å². The summed E-state index contributed by atoms with van der Waals surface area (Å²) in [4.78, 5) is 12.5. The second kappa shape index (κ2) is 8.59. The molecule has 4 nitrogen and oxygen atoms in total. The van der Waals surface area contributed by atoms with Gasteiger partial charge in [-0.1, -0.05) is 54.1 Å². The van der Waals surface area contributed by atoms with Gasteiger partial charge in [0.2, 0.25) is 0 Å². The summed E-state index contributed by atoms with van der Waals surface area (Å²) in [6.45, 7) is 0. The molecule has 3 aromatic carbocycles. The summed E-state index contributed by atoms with van der Waals surface area (Å²) in [5.74, 6) is -0.137. The summed E-state index contributed by atoms with van der Waals surface area (Å²) in [5.41, 5.74) is 2.85. The third kappa shape index (κ3) is 5.68. The Morgan fingerprint density at radius 1 is 0.929 bits per heavy atom. The highest BCUT2D eigenvalue weighted by Gasteiger charge is 2.13. The van der Waals surface area contributed by atoms with Crippen LogP contribution in [-0.2, 0) is 22.0 Å². The van der Waals surface area contributed by atoms with E-state index in [4.69, 9.17) is 16.3 Å². The third-order valence-electron chi connectivity index (χ3n) is 4.08. The summed E-state index contributed by atoms with van der Waals surface area (Å²) < 4.78 is 28.3. The van der Waals surface area contributed by atoms with E-state index in [1.54, 1.807) is 42.5 Å². The number of benzene rings is 3. The van der Waals surface area contributed by atoms with Crippen LogP contribution in [0.1, 0.15) is 27.0 Å². The van der Waals surface area contributed by atoms with Crippen molar-refractivity contribution in [3.8, 4) is 5.75 Å². The normalized spacial score (nSPS) is 11.2. The molecule has 28 heavy (non-hydrogen) atoms. The van der Waals surface area contributed by atoms with Crippen LogP contribution in [0.2, 0.25) is 5.02 Å². The van der Waals surface area contributed by atoms with E-state index < -0.39 is 15.8 Å². The molecule has 0 aromatic heterocycles. The average Bonchev–Trinajstić information content (AvgIpc) is 2.64. The van der Waals surface area contributed by atoms with Crippen LogP contribution in [0, 0.1) is 0 Å². The Morgan fingerprint density at radius 2 is 1.61 bits per heavy atom. The van der Waals surface area contributed by atoms with E-state index in [0.717, 1.165) is 11.1 Å². The van der Waals surface area contributed by atoms with E-state index in [2.05, 4.69) is 0 Å². The van der Waals surface area contributed by atoms with Crippen LogP contribution in [0.5, 0.6) is 5.75 Å². The summed E-state index contributed by atoms with van der Waals surface area (Å²) in [5, 5.41) is 0.566. The van der Waals surface area contributed by atoms with Gasteiger partial charge in [0.15, 0.2) is 9.84 Å². The van der Waals surface area contributed by atoms with Crippen LogP contribution in [0.25, 0.3) is 0 Å². The van der Waals surface area contributed by atoms with Crippen molar-refractivity contribution in [3.63, 3.8) is 0 Å². The van der Waals surface area contributed by atoms with Crippen molar-refractivity contribution in [2.24, 2.45) is 0 Å². The summed E-state index contributed by atoms with van der Waals surface area (Å²) >= 11 is 6.12. The van der Waals surface area contributed by atoms with Crippen LogP contribution in [0.4, 0.5) is 0 Å². The molecule has 0 radical (unpaired) electrons. The van der Waals surface area contributed by atoms with Crippen LogP contribution in [0.3, 0.4) is 0 Å². The highest BCUT2D eigenvalue weighted by molar-refractivity contribution is 7.89. The SMILES string of the molecule is CS(=O)(=O)Cc1ccc(C(=O)Oc2ccc(Cl)cc2Cc2ccccc2)cc1. The van der Waals surface area contributed by atoms with Crippen molar-refractivity contribution in [3.05, 3.63) is 100 Å². The number of halogens is 1. The summed E-state index contributed by atoms with van der Waals surface area (Å²) in [6.07, 6.45) is 1.75. The van der Waals surface area contributed by atoms with Crippen LogP contribution in [0.15, 0.2) is 72.8 Å². The zero-order valence-corrected chi connectivity index (χ0v) is 16.8. The highest BCUT2D eigenvalue weighted by atomic mass is 35.5. The van der Waals surface area contributed by atoms with Gasteiger partial charge in [-0.2, -0.15) is 0 Å². The molecular weight excluding hydrogens is 396 g/mol. The van der Waals surface area contributed by atoms with Crippen molar-refractivity contribution in [1.29, 1.82) is 0 Å². The molecule has 0 aliphatic carbocycles. The molecule has 0 fully saturated rings. The summed E-state index contributed by atoms with van der Waals surface area (Å²) in [6, 6.07) is 21.3. The number of hydrogen-bond acceptors (Lipinski definition) is 4. The quantitative estimate of drug-likeness (QED) is 0.433. The Bertz CT molecular complexity index is 1080. The number of carbonyl (C=O) groups excluding carboxylic acids is 1. The molecule has 0 bridgehead atoms. The van der Waals surface area contributed by atoms with E-state index in [0.29, 0.717) is 28.3 Å². The second-order valence-electron chi connectivity index (χ2n) is 6.57. The molecule has 0 heterocycles. The third-order valence-corrected chi connectivity index (χ3v) is 5.17. The molecule has 0 saturated carbocycles. The predicted molar refractivity (Wildman–Crippen MR) is 111 cm³/mol. The van der Waals surface area contributed by atoms with E-state index in [1.807, 2.05) is 30.3 Å². The molecule has 3 aromatic rings. The minimum atomic E-state index is -3.13. The lowest BCUT2D eigenvalue weighted by atomic mass is 10.0. The average molecular weight is 415 g/mol. The fraction of sp³-hybridized carbons (Fsp3) is 0.136. The Hall–Kier alpha value is -2.63. The topological polar surface area (TPSA) is 60.4 Å². The summed E-state index contributed by atoms with van der Waals surface area (Å²) in [7, 11) is -3.13. The van der Waals surface area contributed by atoms with Gasteiger partial charge in [0.05, 0.1) is 11.3 Å². The van der Waals surface area contributed by atoms with Crippen molar-refractivity contribution in [2.45, 2.75) is 12.2 Å². The molecule has 0 N–H and O–H groups in total. The second-order valence-corrected chi connectivity index (χ2v) is 9.15.